The molecule has 0 saturated heterocycles. The molecule has 0 aliphatic carbocycles. The van der Waals surface area contributed by atoms with Crippen LogP contribution in [0.4, 0.5) is 0 Å². The summed E-state index contributed by atoms with van der Waals surface area (Å²) in [5, 5.41) is 0. The fourth-order valence-electron chi connectivity index (χ4n) is 0. The molecule has 0 aromatic carbocycles. The van der Waals surface area contributed by atoms with Crippen LogP contribution in [0.2, 0.25) is 0 Å². The molecule has 0 aliphatic heterocycles. The minimum absolute atomic E-state index is 0. The van der Waals surface area contributed by atoms with Crippen LogP contribution < -0.4 is 9.41 Å². The Kier molecular flexibility index (Phi) is 98100. The minimum atomic E-state index is 0. The Morgan fingerprint density at radius 1 is 0.600 bits per heavy atom. The van der Waals surface area contributed by atoms with Crippen LogP contribution in [0.15, 0.2) is 0 Å². The molecule has 0 spiro atoms. The van der Waals surface area contributed by atoms with Crippen molar-refractivity contribution in [3.05, 3.63) is 0 Å². The summed E-state index contributed by atoms with van der Waals surface area (Å²) in [4.78, 5) is 0. The van der Waals surface area contributed by atoms with E-state index < -0.39 is 0 Å². The molecule has 5 heavy (non-hydrogen) atoms. The summed E-state index contributed by atoms with van der Waals surface area (Å²) in [7, 11) is 0. The molecule has 0 amide bonds. The SMILES string of the molecule is [Cr+6].[F-].[F-].[O-2].[O-2]. The molecule has 0 radical (unpaired) electrons. The van der Waals surface area contributed by atoms with Crippen molar-refractivity contribution in [2.75, 3.05) is 0 Å². The zero-order valence-corrected chi connectivity index (χ0v) is 3.26. The molecule has 0 saturated carbocycles. The van der Waals surface area contributed by atoms with Crippen LogP contribution in [0.25, 0.3) is 0 Å². The van der Waals surface area contributed by atoms with E-state index in [9.17, 15) is 0 Å². The minimum Gasteiger partial charge on any atom is -2.00 e. The second-order valence-corrected chi connectivity index (χ2v) is 0. The molecule has 0 aliphatic rings. The van der Waals surface area contributed by atoms with Crippen molar-refractivity contribution in [3.8, 4) is 0 Å². The average molecular weight is 122 g/mol. The largest absolute Gasteiger partial charge is 6.00 e. The first-order chi connectivity index (χ1) is 0. The van der Waals surface area contributed by atoms with Gasteiger partial charge >= 0.3 is 17.4 Å². The fourth-order valence-corrected chi connectivity index (χ4v) is 0. The van der Waals surface area contributed by atoms with Gasteiger partial charge in [-0.25, -0.2) is 0 Å². The van der Waals surface area contributed by atoms with E-state index in [0.29, 0.717) is 0 Å². The molecule has 0 aromatic rings. The molecular formula is CrF2O2. The second-order valence-electron chi connectivity index (χ2n) is 0. The van der Waals surface area contributed by atoms with Crippen LogP contribution in [0.3, 0.4) is 0 Å². The number of halogens is 2. The van der Waals surface area contributed by atoms with Crippen molar-refractivity contribution in [2.24, 2.45) is 0 Å². The molecule has 0 heterocycles. The third kappa shape index (κ3) is 236. The molecule has 5 heteroatoms. The maximum absolute atomic E-state index is 0. The molecule has 0 fully saturated rings. The van der Waals surface area contributed by atoms with Gasteiger partial charge in [0.25, 0.3) is 0 Å². The summed E-state index contributed by atoms with van der Waals surface area (Å²) in [5.41, 5.74) is 0. The molecule has 0 N–H and O–H groups in total. The maximum atomic E-state index is 0. The zero-order chi connectivity index (χ0) is 0. The summed E-state index contributed by atoms with van der Waals surface area (Å²) in [6.07, 6.45) is 0. The Morgan fingerprint density at radius 3 is 0.600 bits per heavy atom. The van der Waals surface area contributed by atoms with Gasteiger partial charge in [-0.2, -0.15) is 0 Å². The Bertz CT molecular complexity index is 7.61. The summed E-state index contributed by atoms with van der Waals surface area (Å²) < 4.78 is 0. The van der Waals surface area contributed by atoms with Gasteiger partial charge in [0.2, 0.25) is 0 Å². The van der Waals surface area contributed by atoms with Crippen molar-refractivity contribution in [1.82, 2.24) is 0 Å². The average Bonchev–Trinajstić information content (AvgIpc) is 0. The van der Waals surface area contributed by atoms with Crippen molar-refractivity contribution >= 4 is 0 Å². The van der Waals surface area contributed by atoms with E-state index in [4.69, 9.17) is 0 Å². The Balaban J connectivity index is 0. The molecule has 0 atom stereocenters. The van der Waals surface area contributed by atoms with E-state index >= 15 is 0 Å². The van der Waals surface area contributed by atoms with Crippen molar-refractivity contribution < 1.29 is 37.7 Å². The van der Waals surface area contributed by atoms with E-state index in [2.05, 4.69) is 0 Å². The third-order valence-corrected chi connectivity index (χ3v) is 0. The van der Waals surface area contributed by atoms with E-state index in [1.165, 1.54) is 0 Å². The molecule has 0 unspecified atom stereocenters. The molecule has 2 nitrogen and oxygen atoms in total. The van der Waals surface area contributed by atoms with E-state index in [1.54, 1.807) is 0 Å². The first-order valence-electron chi connectivity index (χ1n) is 0. The topological polar surface area (TPSA) is 57.0 Å². The maximum Gasteiger partial charge on any atom is 6.00 e. The number of hydrogen-bond acceptors (Lipinski definition) is 0. The normalized spacial score (nSPS) is 0. The van der Waals surface area contributed by atoms with Gasteiger partial charge in [-0.3, -0.25) is 0 Å². The molecule has 0 aromatic heterocycles. The van der Waals surface area contributed by atoms with Gasteiger partial charge in [-0.1, -0.05) is 0 Å². The van der Waals surface area contributed by atoms with Crippen LogP contribution in [-0.4, -0.2) is 0 Å². The Hall–Kier alpha value is 0.312. The van der Waals surface area contributed by atoms with Crippen LogP contribution in [-0.2, 0) is 28.3 Å². The van der Waals surface area contributed by atoms with Crippen molar-refractivity contribution in [1.29, 1.82) is 0 Å². The summed E-state index contributed by atoms with van der Waals surface area (Å²) >= 11 is 0. The quantitative estimate of drug-likeness (QED) is 0.307. The van der Waals surface area contributed by atoms with Crippen molar-refractivity contribution in [3.63, 3.8) is 0 Å². The van der Waals surface area contributed by atoms with Gasteiger partial charge in [0.1, 0.15) is 0 Å². The number of hydrogen-bond donors (Lipinski definition) is 0. The van der Waals surface area contributed by atoms with E-state index in [-0.39, 0.29) is 37.7 Å². The van der Waals surface area contributed by atoms with Crippen LogP contribution in [0.5, 0.6) is 0 Å². The predicted molar refractivity (Wildman–Crippen MR) is 1.37 cm³/mol. The Morgan fingerprint density at radius 2 is 0.600 bits per heavy atom. The van der Waals surface area contributed by atoms with Gasteiger partial charge in [-0.15, -0.1) is 0 Å². The first kappa shape index (κ1) is 1010. The van der Waals surface area contributed by atoms with E-state index in [1.807, 2.05) is 0 Å². The molecule has 0 rings (SSSR count). The smallest absolute Gasteiger partial charge is 2.00 e. The zero-order valence-electron chi connectivity index (χ0n) is 1.98. The summed E-state index contributed by atoms with van der Waals surface area (Å²) in [5.74, 6) is 0. The van der Waals surface area contributed by atoms with Gasteiger partial charge < -0.3 is 20.4 Å². The molecule has 0 bridgehead atoms. The summed E-state index contributed by atoms with van der Waals surface area (Å²) in [6, 6.07) is 0. The second kappa shape index (κ2) is 485. The Labute approximate surface area is 38.7 Å². The summed E-state index contributed by atoms with van der Waals surface area (Å²) in [6.45, 7) is 0. The molecule has 32 valence electrons. The van der Waals surface area contributed by atoms with Gasteiger partial charge in [0.15, 0.2) is 0 Å². The first-order valence-corrected chi connectivity index (χ1v) is 0. The standard InChI is InChI=1S/Cr.2FH.2O/h;2*1H;;/q+6;;;2*-2/p-2. The van der Waals surface area contributed by atoms with Crippen LogP contribution in [0.1, 0.15) is 0 Å². The fraction of sp³-hybridized carbons (Fsp3) is 0. The van der Waals surface area contributed by atoms with Gasteiger partial charge in [0, 0.05) is 0 Å². The van der Waals surface area contributed by atoms with Gasteiger partial charge in [0.05, 0.1) is 0 Å². The van der Waals surface area contributed by atoms with Crippen molar-refractivity contribution in [2.45, 2.75) is 0 Å². The third-order valence-electron chi connectivity index (χ3n) is 0. The van der Waals surface area contributed by atoms with Crippen LogP contribution in [0, 0.1) is 0 Å². The van der Waals surface area contributed by atoms with E-state index in [0.717, 1.165) is 0 Å². The number of rotatable bonds is 0. The molecular weight excluding hydrogens is 122 g/mol. The van der Waals surface area contributed by atoms with Crippen LogP contribution >= 0.6 is 0 Å². The van der Waals surface area contributed by atoms with Gasteiger partial charge in [-0.05, 0) is 0 Å². The predicted octanol–water partition coefficient (Wildman–Crippen LogP) is -6.23. The monoisotopic (exact) mass is 122 g/mol.